The molecule has 0 spiro atoms. The molecule has 4 aromatic rings. The first-order chi connectivity index (χ1) is 15.1. The number of nitrogens with two attached hydrogens (primary N) is 1. The van der Waals surface area contributed by atoms with E-state index in [1.165, 1.54) is 24.4 Å². The monoisotopic (exact) mass is 474 g/mol. The van der Waals surface area contributed by atoms with Gasteiger partial charge >= 0.3 is 29.6 Å². The second kappa shape index (κ2) is 9.66. The minimum absolute atomic E-state index is 0. The number of rotatable bonds is 4. The van der Waals surface area contributed by atoms with Crippen molar-refractivity contribution in [3.05, 3.63) is 77.7 Å². The van der Waals surface area contributed by atoms with Gasteiger partial charge in [-0.2, -0.15) is 8.42 Å². The van der Waals surface area contributed by atoms with Crippen LogP contribution in [0, 0.1) is 19.7 Å². The Bertz CT molecular complexity index is 1510. The molecule has 0 radical (unpaired) electrons. The fourth-order valence-electron chi connectivity index (χ4n) is 3.55. The van der Waals surface area contributed by atoms with Crippen molar-refractivity contribution < 1.29 is 48.3 Å². The number of azo groups is 1. The van der Waals surface area contributed by atoms with E-state index >= 15 is 0 Å². The van der Waals surface area contributed by atoms with E-state index in [9.17, 15) is 17.4 Å². The summed E-state index contributed by atoms with van der Waals surface area (Å²) in [6.45, 7) is 3.66. The standard InChI is InChI=1S/C23H19FN4O3S.Na.H/c1-13-9-15(24)7-8-17(13)23-14(2)10-16(12-26-23)27-28-20-11-21(32(29,30)31)18-5-3-4-6-19(18)22(20)25;;/h3-12H,25H2,1-2H3,(H,29,30,31);;/q;+1;-1. The number of aromatic nitrogens is 1. The second-order valence-corrected chi connectivity index (χ2v) is 8.74. The van der Waals surface area contributed by atoms with E-state index in [1.807, 2.05) is 13.8 Å². The number of anilines is 1. The minimum atomic E-state index is -4.50. The molecule has 4 rings (SSSR count). The van der Waals surface area contributed by atoms with Gasteiger partial charge in [-0.3, -0.25) is 9.54 Å². The molecule has 10 heteroatoms. The van der Waals surface area contributed by atoms with Gasteiger partial charge < -0.3 is 7.16 Å². The SMILES string of the molecule is Cc1cc(F)ccc1-c1ncc(N=Nc2cc(S(=O)(=O)O)c3ccccc3c2N)cc1C.[H-].[Na+]. The number of fused-ring (bicyclic) bond motifs is 1. The van der Waals surface area contributed by atoms with E-state index in [-0.39, 0.29) is 53.1 Å². The molecule has 164 valence electrons. The van der Waals surface area contributed by atoms with Crippen LogP contribution in [-0.2, 0) is 10.1 Å². The fraction of sp³-hybridized carbons (Fsp3) is 0.0870. The molecule has 0 amide bonds. The van der Waals surface area contributed by atoms with Gasteiger partial charge in [-0.05, 0) is 55.3 Å². The number of nitrogen functional groups attached to an aromatic ring is 1. The van der Waals surface area contributed by atoms with E-state index in [1.54, 1.807) is 36.4 Å². The zero-order valence-electron chi connectivity index (χ0n) is 19.2. The molecule has 1 aromatic heterocycles. The average molecular weight is 474 g/mol. The Balaban J connectivity index is 0.00000204. The summed E-state index contributed by atoms with van der Waals surface area (Å²) in [6.07, 6.45) is 1.51. The molecule has 0 unspecified atom stereocenters. The Morgan fingerprint density at radius 2 is 1.70 bits per heavy atom. The molecule has 3 aromatic carbocycles. The molecule has 3 N–H and O–H groups in total. The molecule has 33 heavy (non-hydrogen) atoms. The number of halogens is 1. The molecule has 0 atom stereocenters. The smallest absolute Gasteiger partial charge is 1.00 e. The summed E-state index contributed by atoms with van der Waals surface area (Å²) in [5.41, 5.74) is 10.0. The number of hydrogen-bond acceptors (Lipinski definition) is 6. The summed E-state index contributed by atoms with van der Waals surface area (Å²) in [6, 6.07) is 14.0. The van der Waals surface area contributed by atoms with Gasteiger partial charge in [0.15, 0.2) is 0 Å². The van der Waals surface area contributed by atoms with Crippen molar-refractivity contribution in [1.29, 1.82) is 0 Å². The van der Waals surface area contributed by atoms with Crippen LogP contribution in [0.5, 0.6) is 0 Å². The maximum absolute atomic E-state index is 13.4. The number of hydrogen-bond donors (Lipinski definition) is 2. The van der Waals surface area contributed by atoms with E-state index in [0.717, 1.165) is 16.7 Å². The van der Waals surface area contributed by atoms with Gasteiger partial charge in [-0.1, -0.05) is 24.3 Å². The molecule has 7 nitrogen and oxygen atoms in total. The average Bonchev–Trinajstić information content (AvgIpc) is 2.73. The van der Waals surface area contributed by atoms with Crippen LogP contribution < -0.4 is 35.3 Å². The normalized spacial score (nSPS) is 11.6. The molecular formula is C23H20FN4NaO3S. The van der Waals surface area contributed by atoms with Crippen molar-refractivity contribution in [2.24, 2.45) is 10.2 Å². The van der Waals surface area contributed by atoms with Gasteiger partial charge in [0.2, 0.25) is 0 Å². The predicted molar refractivity (Wildman–Crippen MR) is 123 cm³/mol. The van der Waals surface area contributed by atoms with Crippen molar-refractivity contribution in [2.75, 3.05) is 5.73 Å². The van der Waals surface area contributed by atoms with Gasteiger partial charge in [-0.15, -0.1) is 10.2 Å². The number of benzene rings is 3. The van der Waals surface area contributed by atoms with Crippen molar-refractivity contribution in [3.8, 4) is 11.3 Å². The third kappa shape index (κ3) is 5.13. The summed E-state index contributed by atoms with van der Waals surface area (Å²) in [7, 11) is -4.50. The molecule has 0 aliphatic rings. The third-order valence-corrected chi connectivity index (χ3v) is 5.98. The Morgan fingerprint density at radius 1 is 1.00 bits per heavy atom. The van der Waals surface area contributed by atoms with Crippen LogP contribution >= 0.6 is 0 Å². The molecule has 1 heterocycles. The zero-order valence-corrected chi connectivity index (χ0v) is 21.1. The quantitative estimate of drug-likeness (QED) is 0.204. The first-order valence-electron chi connectivity index (χ1n) is 9.59. The Kier molecular flexibility index (Phi) is 7.30. The van der Waals surface area contributed by atoms with Crippen LogP contribution in [0.4, 0.5) is 21.5 Å². The van der Waals surface area contributed by atoms with Crippen molar-refractivity contribution in [1.82, 2.24) is 4.98 Å². The van der Waals surface area contributed by atoms with Crippen LogP contribution in [0.1, 0.15) is 12.6 Å². The van der Waals surface area contributed by atoms with Crippen molar-refractivity contribution in [3.63, 3.8) is 0 Å². The van der Waals surface area contributed by atoms with E-state index < -0.39 is 10.1 Å². The molecule has 0 saturated carbocycles. The Morgan fingerprint density at radius 3 is 2.33 bits per heavy atom. The first kappa shape index (κ1) is 24.9. The molecule has 0 saturated heterocycles. The number of aryl methyl sites for hydroxylation is 2. The third-order valence-electron chi connectivity index (χ3n) is 5.08. The first-order valence-corrected chi connectivity index (χ1v) is 11.0. The topological polar surface area (TPSA) is 118 Å². The van der Waals surface area contributed by atoms with Gasteiger partial charge in [0, 0.05) is 16.3 Å². The summed E-state index contributed by atoms with van der Waals surface area (Å²) in [4.78, 5) is 4.14. The van der Waals surface area contributed by atoms with Crippen LogP contribution in [0.2, 0.25) is 0 Å². The van der Waals surface area contributed by atoms with Gasteiger partial charge in [-0.25, -0.2) is 4.39 Å². The summed E-state index contributed by atoms with van der Waals surface area (Å²) < 4.78 is 46.8. The molecule has 0 bridgehead atoms. The Labute approximate surface area is 214 Å². The van der Waals surface area contributed by atoms with Crippen LogP contribution in [0.15, 0.2) is 75.9 Å². The maximum atomic E-state index is 13.4. The van der Waals surface area contributed by atoms with Gasteiger partial charge in [0.25, 0.3) is 10.1 Å². The molecular weight excluding hydrogens is 454 g/mol. The Hall–Kier alpha value is -2.69. The zero-order chi connectivity index (χ0) is 23.0. The van der Waals surface area contributed by atoms with Crippen LogP contribution in [-0.4, -0.2) is 18.0 Å². The van der Waals surface area contributed by atoms with Crippen molar-refractivity contribution in [2.45, 2.75) is 18.7 Å². The molecule has 0 fully saturated rings. The summed E-state index contributed by atoms with van der Waals surface area (Å²) in [5, 5.41) is 8.99. The summed E-state index contributed by atoms with van der Waals surface area (Å²) in [5.74, 6) is -0.313. The summed E-state index contributed by atoms with van der Waals surface area (Å²) >= 11 is 0. The van der Waals surface area contributed by atoms with E-state index in [2.05, 4.69) is 15.2 Å². The number of pyridine rings is 1. The van der Waals surface area contributed by atoms with Crippen LogP contribution in [0.25, 0.3) is 22.0 Å². The number of nitrogens with zero attached hydrogens (tertiary/aromatic N) is 3. The maximum Gasteiger partial charge on any atom is 1.00 e. The largest absolute Gasteiger partial charge is 1.00 e. The van der Waals surface area contributed by atoms with Gasteiger partial charge in [0.1, 0.15) is 22.1 Å². The molecule has 0 aliphatic heterocycles. The second-order valence-electron chi connectivity index (χ2n) is 7.35. The van der Waals surface area contributed by atoms with Gasteiger partial charge in [0.05, 0.1) is 17.6 Å². The van der Waals surface area contributed by atoms with Crippen LogP contribution in [0.3, 0.4) is 0 Å². The fourth-order valence-corrected chi connectivity index (χ4v) is 4.26. The van der Waals surface area contributed by atoms with E-state index in [4.69, 9.17) is 5.73 Å². The van der Waals surface area contributed by atoms with E-state index in [0.29, 0.717) is 22.2 Å². The molecule has 0 aliphatic carbocycles. The predicted octanol–water partition coefficient (Wildman–Crippen LogP) is 3.02. The van der Waals surface area contributed by atoms with Crippen molar-refractivity contribution >= 4 is 38.0 Å². The minimum Gasteiger partial charge on any atom is -1.00 e.